The van der Waals surface area contributed by atoms with Gasteiger partial charge in [0.25, 0.3) is 0 Å². The lowest BCUT2D eigenvalue weighted by molar-refractivity contribution is -0.166. The fourth-order valence-electron chi connectivity index (χ4n) is 6.18. The summed E-state index contributed by atoms with van der Waals surface area (Å²) in [6.45, 7) is 6.35. The maximum Gasteiger partial charge on any atom is 0.306 e. The molecular weight excluding hydrogens is 745 g/mol. The van der Waals surface area contributed by atoms with Crippen molar-refractivity contribution in [2.24, 2.45) is 0 Å². The van der Waals surface area contributed by atoms with E-state index < -0.39 is 12.1 Å². The van der Waals surface area contributed by atoms with E-state index in [1.807, 2.05) is 18.2 Å². The average molecular weight is 833 g/mol. The molecule has 0 N–H and O–H groups in total. The third kappa shape index (κ3) is 45.4. The molecular formula is C54H88O6. The summed E-state index contributed by atoms with van der Waals surface area (Å²) in [4.78, 5) is 37.8. The first kappa shape index (κ1) is 56.3. The normalized spacial score (nSPS) is 12.9. The molecule has 60 heavy (non-hydrogen) atoms. The number of hydrogen-bond donors (Lipinski definition) is 0. The molecule has 0 aromatic carbocycles. The molecule has 0 heterocycles. The molecule has 0 spiro atoms. The molecule has 1 unspecified atom stereocenters. The van der Waals surface area contributed by atoms with Gasteiger partial charge in [-0.3, -0.25) is 14.4 Å². The Morgan fingerprint density at radius 1 is 0.350 bits per heavy atom. The highest BCUT2D eigenvalue weighted by Crippen LogP contribution is 2.11. The van der Waals surface area contributed by atoms with Crippen LogP contribution in [-0.2, 0) is 28.6 Å². The van der Waals surface area contributed by atoms with Crippen molar-refractivity contribution in [2.45, 2.75) is 213 Å². The second-order valence-electron chi connectivity index (χ2n) is 15.6. The van der Waals surface area contributed by atoms with E-state index in [0.29, 0.717) is 19.3 Å². The van der Waals surface area contributed by atoms with E-state index in [1.165, 1.54) is 77.0 Å². The van der Waals surface area contributed by atoms with Crippen molar-refractivity contribution < 1.29 is 28.6 Å². The summed E-state index contributed by atoms with van der Waals surface area (Å²) < 4.78 is 16.6. The molecule has 0 aliphatic carbocycles. The number of hydrogen-bond acceptors (Lipinski definition) is 6. The van der Waals surface area contributed by atoms with Crippen LogP contribution in [0.1, 0.15) is 207 Å². The van der Waals surface area contributed by atoms with Gasteiger partial charge in [-0.05, 0) is 96.3 Å². The van der Waals surface area contributed by atoms with Crippen LogP contribution in [0.15, 0.2) is 97.2 Å². The Labute approximate surface area is 368 Å². The molecule has 0 aliphatic rings. The third-order valence-corrected chi connectivity index (χ3v) is 9.82. The second-order valence-corrected chi connectivity index (χ2v) is 15.6. The van der Waals surface area contributed by atoms with E-state index in [9.17, 15) is 14.4 Å². The number of rotatable bonds is 42. The van der Waals surface area contributed by atoms with E-state index in [0.717, 1.165) is 77.0 Å². The summed E-state index contributed by atoms with van der Waals surface area (Å²) in [6.07, 6.45) is 62.7. The Hall–Kier alpha value is -3.67. The molecule has 0 aromatic rings. The molecule has 340 valence electrons. The van der Waals surface area contributed by atoms with Crippen LogP contribution in [0, 0.1) is 0 Å². The van der Waals surface area contributed by atoms with Gasteiger partial charge in [0.1, 0.15) is 13.2 Å². The topological polar surface area (TPSA) is 78.9 Å². The summed E-state index contributed by atoms with van der Waals surface area (Å²) in [5.41, 5.74) is 0. The highest BCUT2D eigenvalue weighted by molar-refractivity contribution is 5.71. The zero-order chi connectivity index (χ0) is 43.7. The molecule has 0 bridgehead atoms. The van der Waals surface area contributed by atoms with Crippen molar-refractivity contribution in [1.29, 1.82) is 0 Å². The minimum absolute atomic E-state index is 0.132. The van der Waals surface area contributed by atoms with Crippen LogP contribution in [0.5, 0.6) is 0 Å². The summed E-state index contributed by atoms with van der Waals surface area (Å²) in [6, 6.07) is 0. The van der Waals surface area contributed by atoms with Gasteiger partial charge in [0.05, 0.1) is 0 Å². The number of allylic oxidation sites excluding steroid dienone is 16. The number of ether oxygens (including phenoxy) is 3. The van der Waals surface area contributed by atoms with Crippen molar-refractivity contribution in [3.8, 4) is 0 Å². The van der Waals surface area contributed by atoms with E-state index in [4.69, 9.17) is 14.2 Å². The van der Waals surface area contributed by atoms with E-state index in [-0.39, 0.29) is 38.0 Å². The predicted octanol–water partition coefficient (Wildman–Crippen LogP) is 15.8. The summed E-state index contributed by atoms with van der Waals surface area (Å²) in [5, 5.41) is 0. The summed E-state index contributed by atoms with van der Waals surface area (Å²) >= 11 is 0. The quantitative estimate of drug-likeness (QED) is 0.0264. The third-order valence-electron chi connectivity index (χ3n) is 9.82. The Balaban J connectivity index is 4.59. The van der Waals surface area contributed by atoms with Crippen molar-refractivity contribution in [3.05, 3.63) is 97.2 Å². The van der Waals surface area contributed by atoms with Gasteiger partial charge in [-0.15, -0.1) is 0 Å². The molecule has 1 atom stereocenters. The molecule has 0 fully saturated rings. The van der Waals surface area contributed by atoms with E-state index in [1.54, 1.807) is 0 Å². The minimum atomic E-state index is -0.843. The van der Waals surface area contributed by atoms with Gasteiger partial charge in [-0.2, -0.15) is 0 Å². The molecule has 0 radical (unpaired) electrons. The number of esters is 3. The molecule has 0 aromatic heterocycles. The highest BCUT2D eigenvalue weighted by Gasteiger charge is 2.19. The summed E-state index contributed by atoms with van der Waals surface area (Å²) in [7, 11) is 0. The van der Waals surface area contributed by atoms with Crippen LogP contribution in [0.2, 0.25) is 0 Å². The van der Waals surface area contributed by atoms with E-state index in [2.05, 4.69) is 99.8 Å². The van der Waals surface area contributed by atoms with Crippen molar-refractivity contribution in [1.82, 2.24) is 0 Å². The van der Waals surface area contributed by atoms with Crippen LogP contribution in [0.4, 0.5) is 0 Å². The van der Waals surface area contributed by atoms with Crippen molar-refractivity contribution >= 4 is 17.9 Å². The van der Waals surface area contributed by atoms with Gasteiger partial charge in [-0.25, -0.2) is 0 Å². The lowest BCUT2D eigenvalue weighted by Crippen LogP contribution is -2.30. The predicted molar refractivity (Wildman–Crippen MR) is 256 cm³/mol. The van der Waals surface area contributed by atoms with Gasteiger partial charge < -0.3 is 14.2 Å². The van der Waals surface area contributed by atoms with Crippen LogP contribution in [0.3, 0.4) is 0 Å². The molecule has 0 aliphatic heterocycles. The SMILES string of the molecule is CC/C=C\C/C=C\C/C=C\C/C=C\C/C=C\CCC(=O)OCC(COC(=O)CCCCC/C=C\CCCCCCCC)OC(=O)CC/C=C\C/C=C\CCCCCCCC. The van der Waals surface area contributed by atoms with Crippen LogP contribution in [0.25, 0.3) is 0 Å². The molecule has 0 saturated heterocycles. The number of carbonyl (C=O) groups is 3. The van der Waals surface area contributed by atoms with Gasteiger partial charge in [0.15, 0.2) is 6.10 Å². The Morgan fingerprint density at radius 3 is 1.13 bits per heavy atom. The minimum Gasteiger partial charge on any atom is -0.462 e. The average Bonchev–Trinajstić information content (AvgIpc) is 3.24. The van der Waals surface area contributed by atoms with Crippen LogP contribution < -0.4 is 0 Å². The first-order chi connectivity index (χ1) is 29.5. The molecule has 6 heteroatoms. The molecule has 0 amide bonds. The Morgan fingerprint density at radius 2 is 0.683 bits per heavy atom. The van der Waals surface area contributed by atoms with Gasteiger partial charge in [-0.1, -0.05) is 189 Å². The van der Waals surface area contributed by atoms with Gasteiger partial charge >= 0.3 is 17.9 Å². The zero-order valence-electron chi connectivity index (χ0n) is 38.7. The molecule has 6 nitrogen and oxygen atoms in total. The molecule has 0 rings (SSSR count). The number of unbranched alkanes of at least 4 members (excludes halogenated alkanes) is 15. The largest absolute Gasteiger partial charge is 0.462 e. The fraction of sp³-hybridized carbons (Fsp3) is 0.648. The smallest absolute Gasteiger partial charge is 0.306 e. The Kier molecular flexibility index (Phi) is 45.1. The van der Waals surface area contributed by atoms with Crippen molar-refractivity contribution in [3.63, 3.8) is 0 Å². The second kappa shape index (κ2) is 48.0. The maximum absolute atomic E-state index is 12.7. The lowest BCUT2D eigenvalue weighted by Gasteiger charge is -2.18. The highest BCUT2D eigenvalue weighted by atomic mass is 16.6. The first-order valence-corrected chi connectivity index (χ1v) is 24.2. The van der Waals surface area contributed by atoms with Crippen LogP contribution in [-0.4, -0.2) is 37.2 Å². The number of carbonyl (C=O) groups excluding carboxylic acids is 3. The lowest BCUT2D eigenvalue weighted by atomic mass is 10.1. The fourth-order valence-corrected chi connectivity index (χ4v) is 6.18. The van der Waals surface area contributed by atoms with Gasteiger partial charge in [0, 0.05) is 19.3 Å². The molecule has 0 saturated carbocycles. The van der Waals surface area contributed by atoms with Gasteiger partial charge in [0.2, 0.25) is 0 Å². The van der Waals surface area contributed by atoms with E-state index >= 15 is 0 Å². The Bertz CT molecular complexity index is 1230. The monoisotopic (exact) mass is 833 g/mol. The summed E-state index contributed by atoms with van der Waals surface area (Å²) in [5.74, 6) is -1.11. The first-order valence-electron chi connectivity index (χ1n) is 24.2. The maximum atomic E-state index is 12.7. The standard InChI is InChI=1S/C54H88O6/c1-4-7-10-13-16-19-22-25-26-27-30-32-35-38-41-44-47-53(56)59-50-51(60-54(57)48-45-42-39-36-33-29-24-21-18-15-12-9-6-3)49-58-52(55)46-43-40-37-34-31-28-23-20-17-14-11-8-5-2/h7,10,16,19,25-26,28-33,38-39,41-42,51H,4-6,8-9,11-15,17-18,20-24,27,34-37,40,43-50H2,1-3H3/b10-7-,19-16-,26-25-,31-28-,32-30-,33-29-,41-38-,42-39-. The van der Waals surface area contributed by atoms with Crippen LogP contribution >= 0.6 is 0 Å². The zero-order valence-corrected chi connectivity index (χ0v) is 38.7. The van der Waals surface area contributed by atoms with Crippen molar-refractivity contribution in [2.75, 3.05) is 13.2 Å².